The number of hydrogen-bond donors (Lipinski definition) is 0. The predicted octanol–water partition coefficient (Wildman–Crippen LogP) is 9.75. The third-order valence-electron chi connectivity index (χ3n) is 6.33. The molecule has 0 N–H and O–H groups in total. The van der Waals surface area contributed by atoms with Crippen LogP contribution in [0.25, 0.3) is 22.3 Å². The van der Waals surface area contributed by atoms with Gasteiger partial charge in [-0.15, -0.1) is 0 Å². The van der Waals surface area contributed by atoms with Crippen LogP contribution < -0.4 is 28.4 Å². The monoisotopic (exact) mass is 578 g/mol. The van der Waals surface area contributed by atoms with Gasteiger partial charge in [0.15, 0.2) is 0 Å². The molecule has 0 aliphatic rings. The van der Waals surface area contributed by atoms with Gasteiger partial charge in [0.2, 0.25) is 0 Å². The molecule has 0 aliphatic carbocycles. The van der Waals surface area contributed by atoms with E-state index in [4.69, 9.17) is 28.4 Å². The van der Waals surface area contributed by atoms with Crippen molar-refractivity contribution in [2.24, 2.45) is 0 Å². The first-order chi connectivity index (χ1) is 20.6. The summed E-state index contributed by atoms with van der Waals surface area (Å²) in [5.74, 6) is 4.58. The normalized spacial score (nSPS) is 10.8. The summed E-state index contributed by atoms with van der Waals surface area (Å²) in [6, 6.07) is 16.4. The molecule has 6 heteroatoms. The van der Waals surface area contributed by atoms with Gasteiger partial charge in [0.1, 0.15) is 34.5 Å². The molecular formula is C36H50O6. The minimum absolute atomic E-state index is 0.609. The Hall–Kier alpha value is -3.54. The summed E-state index contributed by atoms with van der Waals surface area (Å²) < 4.78 is 37.0. The highest BCUT2D eigenvalue weighted by Crippen LogP contribution is 2.46. The minimum Gasteiger partial charge on any atom is -0.493 e. The molecule has 0 saturated carbocycles. The zero-order valence-corrected chi connectivity index (χ0v) is 26.6. The van der Waals surface area contributed by atoms with Gasteiger partial charge in [-0.2, -0.15) is 0 Å². The summed E-state index contributed by atoms with van der Waals surface area (Å²) in [6.45, 7) is 16.3. The van der Waals surface area contributed by atoms with Gasteiger partial charge in [-0.3, -0.25) is 0 Å². The number of ether oxygens (including phenoxy) is 6. The fourth-order valence-corrected chi connectivity index (χ4v) is 4.41. The Morgan fingerprint density at radius 1 is 0.357 bits per heavy atom. The summed E-state index contributed by atoms with van der Waals surface area (Å²) >= 11 is 0. The Morgan fingerprint density at radius 2 is 0.595 bits per heavy atom. The Morgan fingerprint density at radius 3 is 0.833 bits per heavy atom. The lowest BCUT2D eigenvalue weighted by Crippen LogP contribution is -2.04. The zero-order chi connectivity index (χ0) is 30.2. The van der Waals surface area contributed by atoms with Crippen LogP contribution in [-0.4, -0.2) is 39.6 Å². The Balaban J connectivity index is 2.12. The van der Waals surface area contributed by atoms with E-state index in [0.29, 0.717) is 39.6 Å². The molecule has 0 saturated heterocycles. The first-order valence-electron chi connectivity index (χ1n) is 15.8. The molecule has 3 aromatic carbocycles. The fourth-order valence-electron chi connectivity index (χ4n) is 4.41. The molecule has 0 atom stereocenters. The van der Waals surface area contributed by atoms with Gasteiger partial charge in [0, 0.05) is 24.3 Å². The number of rotatable bonds is 20. The molecule has 0 heterocycles. The van der Waals surface area contributed by atoms with Crippen LogP contribution >= 0.6 is 0 Å². The van der Waals surface area contributed by atoms with Crippen molar-refractivity contribution in [2.75, 3.05) is 39.6 Å². The van der Waals surface area contributed by atoms with Crippen molar-refractivity contribution in [1.82, 2.24) is 0 Å². The van der Waals surface area contributed by atoms with Gasteiger partial charge >= 0.3 is 0 Å². The van der Waals surface area contributed by atoms with Crippen LogP contribution in [-0.2, 0) is 0 Å². The smallest absolute Gasteiger partial charge is 0.134 e. The molecule has 0 amide bonds. The van der Waals surface area contributed by atoms with Gasteiger partial charge in [-0.05, 0) is 49.7 Å². The zero-order valence-electron chi connectivity index (χ0n) is 26.6. The van der Waals surface area contributed by atoms with Crippen LogP contribution in [0.15, 0.2) is 48.5 Å². The molecule has 0 unspecified atom stereocenters. The van der Waals surface area contributed by atoms with E-state index in [2.05, 4.69) is 65.8 Å². The molecule has 0 spiro atoms. The summed E-state index contributed by atoms with van der Waals surface area (Å²) in [5, 5.41) is 0. The van der Waals surface area contributed by atoms with E-state index in [0.717, 1.165) is 95.3 Å². The summed E-state index contributed by atoms with van der Waals surface area (Å²) in [5.41, 5.74) is 3.88. The topological polar surface area (TPSA) is 55.4 Å². The first kappa shape index (κ1) is 33.0. The van der Waals surface area contributed by atoms with E-state index in [1.807, 2.05) is 24.3 Å². The average Bonchev–Trinajstić information content (AvgIpc) is 3.02. The molecular weight excluding hydrogens is 528 g/mol. The van der Waals surface area contributed by atoms with Crippen LogP contribution in [0.4, 0.5) is 0 Å². The molecule has 3 rings (SSSR count). The number of benzene rings is 3. The molecule has 0 radical (unpaired) electrons. The maximum absolute atomic E-state index is 6.26. The molecule has 0 fully saturated rings. The number of hydrogen-bond acceptors (Lipinski definition) is 6. The van der Waals surface area contributed by atoms with Gasteiger partial charge in [-0.25, -0.2) is 0 Å². The predicted molar refractivity (Wildman–Crippen MR) is 172 cm³/mol. The molecule has 6 nitrogen and oxygen atoms in total. The molecule has 0 bridgehead atoms. The molecule has 230 valence electrons. The van der Waals surface area contributed by atoms with Gasteiger partial charge in [-0.1, -0.05) is 65.8 Å². The lowest BCUT2D eigenvalue weighted by molar-refractivity contribution is 0.288. The standard InChI is InChI=1S/C36H50O6/c1-7-17-37-29-23-31(39-19-9-3)35(32(24-29)40-20-10-4)27-13-15-28(16-14-27)36-33(41-21-11-5)25-30(38-18-8-2)26-34(36)42-22-12-6/h13-16,23-26H,7-12,17-22H2,1-6H3. The quantitative estimate of drug-likeness (QED) is 0.133. The van der Waals surface area contributed by atoms with Crippen molar-refractivity contribution in [3.8, 4) is 56.8 Å². The second-order valence-corrected chi connectivity index (χ2v) is 10.3. The van der Waals surface area contributed by atoms with Crippen LogP contribution in [0, 0.1) is 0 Å². The summed E-state index contributed by atoms with van der Waals surface area (Å²) in [6.07, 6.45) is 5.48. The maximum Gasteiger partial charge on any atom is 0.134 e. The second kappa shape index (κ2) is 18.1. The van der Waals surface area contributed by atoms with E-state index >= 15 is 0 Å². The highest BCUT2D eigenvalue weighted by molar-refractivity contribution is 5.83. The van der Waals surface area contributed by atoms with E-state index in [1.165, 1.54) is 0 Å². The van der Waals surface area contributed by atoms with Crippen LogP contribution in [0.3, 0.4) is 0 Å². The van der Waals surface area contributed by atoms with Crippen molar-refractivity contribution in [1.29, 1.82) is 0 Å². The summed E-state index contributed by atoms with van der Waals surface area (Å²) in [4.78, 5) is 0. The Labute approximate surface area is 253 Å². The third-order valence-corrected chi connectivity index (χ3v) is 6.33. The minimum atomic E-state index is 0.609. The van der Waals surface area contributed by atoms with Crippen molar-refractivity contribution in [3.63, 3.8) is 0 Å². The SMILES string of the molecule is CCCOc1cc(OCCC)c(-c2ccc(-c3c(OCCC)cc(OCCC)cc3OCCC)cc2)c(OCCC)c1. The van der Waals surface area contributed by atoms with Crippen LogP contribution in [0.1, 0.15) is 80.1 Å². The van der Waals surface area contributed by atoms with E-state index < -0.39 is 0 Å². The van der Waals surface area contributed by atoms with Gasteiger partial charge < -0.3 is 28.4 Å². The van der Waals surface area contributed by atoms with E-state index in [-0.39, 0.29) is 0 Å². The largest absolute Gasteiger partial charge is 0.493 e. The van der Waals surface area contributed by atoms with Gasteiger partial charge in [0.25, 0.3) is 0 Å². The fraction of sp³-hybridized carbons (Fsp3) is 0.500. The Kier molecular flexibility index (Phi) is 14.2. The highest BCUT2D eigenvalue weighted by atomic mass is 16.5. The maximum atomic E-state index is 6.26. The molecule has 42 heavy (non-hydrogen) atoms. The van der Waals surface area contributed by atoms with Crippen LogP contribution in [0.5, 0.6) is 34.5 Å². The van der Waals surface area contributed by atoms with Crippen molar-refractivity contribution >= 4 is 0 Å². The Bertz CT molecular complexity index is 1050. The average molecular weight is 579 g/mol. The molecule has 3 aromatic rings. The second-order valence-electron chi connectivity index (χ2n) is 10.3. The molecule has 0 aromatic heterocycles. The van der Waals surface area contributed by atoms with Crippen molar-refractivity contribution in [2.45, 2.75) is 80.1 Å². The van der Waals surface area contributed by atoms with Crippen molar-refractivity contribution in [3.05, 3.63) is 48.5 Å². The first-order valence-corrected chi connectivity index (χ1v) is 15.8. The van der Waals surface area contributed by atoms with Crippen molar-refractivity contribution < 1.29 is 28.4 Å². The summed E-state index contributed by atoms with van der Waals surface area (Å²) in [7, 11) is 0. The van der Waals surface area contributed by atoms with Crippen LogP contribution in [0.2, 0.25) is 0 Å². The lowest BCUT2D eigenvalue weighted by atomic mass is 9.97. The lowest BCUT2D eigenvalue weighted by Gasteiger charge is -2.20. The highest BCUT2D eigenvalue weighted by Gasteiger charge is 2.20. The van der Waals surface area contributed by atoms with E-state index in [9.17, 15) is 0 Å². The molecule has 0 aliphatic heterocycles. The third kappa shape index (κ3) is 9.23. The van der Waals surface area contributed by atoms with Gasteiger partial charge in [0.05, 0.1) is 50.8 Å². The van der Waals surface area contributed by atoms with E-state index in [1.54, 1.807) is 0 Å².